The summed E-state index contributed by atoms with van der Waals surface area (Å²) in [6, 6.07) is 10.0. The van der Waals surface area contributed by atoms with E-state index in [0.717, 1.165) is 11.3 Å². The Kier molecular flexibility index (Phi) is 2.05. The fraction of sp³-hybridized carbons (Fsp3) is 0.222. The van der Waals surface area contributed by atoms with Crippen LogP contribution in [0.2, 0.25) is 0 Å². The van der Waals surface area contributed by atoms with Crippen molar-refractivity contribution in [1.29, 1.82) is 0 Å². The zero-order valence-corrected chi connectivity index (χ0v) is 6.66. The minimum atomic E-state index is 0.510. The quantitative estimate of drug-likeness (QED) is 0.667. The summed E-state index contributed by atoms with van der Waals surface area (Å²) < 4.78 is 5.19. The van der Waals surface area contributed by atoms with Gasteiger partial charge in [-0.05, 0) is 0 Å². The topological polar surface area (TPSA) is 33.6 Å². The van der Waals surface area contributed by atoms with Crippen molar-refractivity contribution in [3.8, 4) is 0 Å². The van der Waals surface area contributed by atoms with E-state index in [1.165, 1.54) is 0 Å². The van der Waals surface area contributed by atoms with Gasteiger partial charge in [-0.25, -0.2) is 0 Å². The zero-order chi connectivity index (χ0) is 8.23. The fourth-order valence-electron chi connectivity index (χ4n) is 1.13. The summed E-state index contributed by atoms with van der Waals surface area (Å²) >= 11 is 0. The number of nitrogens with one attached hydrogen (secondary N) is 1. The number of hydrogen-bond donors (Lipinski definition) is 1. The average molecular weight is 162 g/mol. The number of nitrogens with zero attached hydrogens (tertiary/aromatic N) is 1. The molecule has 1 aliphatic heterocycles. The van der Waals surface area contributed by atoms with Crippen LogP contribution >= 0.6 is 0 Å². The van der Waals surface area contributed by atoms with Crippen LogP contribution < -0.4 is 5.43 Å². The molecule has 62 valence electrons. The third-order valence-electron chi connectivity index (χ3n) is 1.73. The van der Waals surface area contributed by atoms with Crippen molar-refractivity contribution in [1.82, 2.24) is 5.43 Å². The second kappa shape index (κ2) is 3.36. The van der Waals surface area contributed by atoms with Crippen LogP contribution in [0.4, 0.5) is 0 Å². The highest BCUT2D eigenvalue weighted by molar-refractivity contribution is 6.01. The lowest BCUT2D eigenvalue weighted by atomic mass is 10.1. The Morgan fingerprint density at radius 2 is 2.08 bits per heavy atom. The lowest BCUT2D eigenvalue weighted by Gasteiger charge is -2.13. The van der Waals surface area contributed by atoms with E-state index in [2.05, 4.69) is 10.5 Å². The van der Waals surface area contributed by atoms with Crippen molar-refractivity contribution in [2.24, 2.45) is 5.10 Å². The maximum absolute atomic E-state index is 5.19. The van der Waals surface area contributed by atoms with Gasteiger partial charge in [0.2, 0.25) is 0 Å². The minimum absolute atomic E-state index is 0.510. The lowest BCUT2D eigenvalue weighted by Crippen LogP contribution is -2.26. The molecule has 0 saturated heterocycles. The van der Waals surface area contributed by atoms with Crippen molar-refractivity contribution in [2.75, 3.05) is 13.3 Å². The number of benzene rings is 1. The van der Waals surface area contributed by atoms with Gasteiger partial charge in [0.15, 0.2) is 0 Å². The largest absolute Gasteiger partial charge is 0.353 e. The third-order valence-corrected chi connectivity index (χ3v) is 1.73. The number of ether oxygens (including phenoxy) is 1. The Labute approximate surface area is 71.0 Å². The Balaban J connectivity index is 2.24. The standard InChI is InChI=1S/C9H10N2O/c1-2-4-8(5-3-1)9-6-12-7-10-11-9/h1-5,10H,6-7H2. The van der Waals surface area contributed by atoms with E-state index >= 15 is 0 Å². The van der Waals surface area contributed by atoms with Crippen molar-refractivity contribution in [2.45, 2.75) is 0 Å². The van der Waals surface area contributed by atoms with Crippen molar-refractivity contribution >= 4 is 5.71 Å². The fourth-order valence-corrected chi connectivity index (χ4v) is 1.13. The third kappa shape index (κ3) is 1.46. The molecular weight excluding hydrogens is 152 g/mol. The summed E-state index contributed by atoms with van der Waals surface area (Å²) in [6.45, 7) is 1.10. The van der Waals surface area contributed by atoms with E-state index < -0.39 is 0 Å². The molecule has 2 rings (SSSR count). The summed E-state index contributed by atoms with van der Waals surface area (Å²) in [5, 5.41) is 4.14. The first-order chi connectivity index (χ1) is 5.97. The monoisotopic (exact) mass is 162 g/mol. The molecule has 1 aromatic rings. The number of hydrazone groups is 1. The van der Waals surface area contributed by atoms with Gasteiger partial charge in [-0.2, -0.15) is 5.10 Å². The van der Waals surface area contributed by atoms with Crippen LogP contribution in [0.25, 0.3) is 0 Å². The zero-order valence-electron chi connectivity index (χ0n) is 6.66. The molecule has 0 radical (unpaired) electrons. The summed E-state index contributed by atoms with van der Waals surface area (Å²) in [5.74, 6) is 0. The van der Waals surface area contributed by atoms with Crippen LogP contribution in [-0.4, -0.2) is 19.0 Å². The average Bonchev–Trinajstić information content (AvgIpc) is 2.21. The molecule has 3 nitrogen and oxygen atoms in total. The molecule has 0 fully saturated rings. The molecule has 0 amide bonds. The normalized spacial score (nSPS) is 16.5. The van der Waals surface area contributed by atoms with Gasteiger partial charge in [0, 0.05) is 5.56 Å². The Morgan fingerprint density at radius 1 is 1.25 bits per heavy atom. The van der Waals surface area contributed by atoms with Crippen LogP contribution in [0, 0.1) is 0 Å². The van der Waals surface area contributed by atoms with Crippen molar-refractivity contribution in [3.05, 3.63) is 35.9 Å². The van der Waals surface area contributed by atoms with Crippen LogP contribution in [0.3, 0.4) is 0 Å². The molecule has 0 spiro atoms. The van der Waals surface area contributed by atoms with Gasteiger partial charge in [0.05, 0.1) is 12.3 Å². The molecule has 0 aromatic heterocycles. The predicted octanol–water partition coefficient (Wildman–Crippen LogP) is 0.968. The molecule has 0 aliphatic carbocycles. The molecule has 12 heavy (non-hydrogen) atoms. The first-order valence-corrected chi connectivity index (χ1v) is 3.89. The van der Waals surface area contributed by atoms with E-state index in [1.807, 2.05) is 30.3 Å². The molecule has 1 aromatic carbocycles. The molecule has 0 atom stereocenters. The maximum Gasteiger partial charge on any atom is 0.132 e. The van der Waals surface area contributed by atoms with Gasteiger partial charge >= 0.3 is 0 Å². The maximum atomic E-state index is 5.19. The van der Waals surface area contributed by atoms with Crippen molar-refractivity contribution < 1.29 is 4.74 Å². The molecule has 1 aliphatic rings. The summed E-state index contributed by atoms with van der Waals surface area (Å²) in [6.07, 6.45) is 0. The smallest absolute Gasteiger partial charge is 0.132 e. The van der Waals surface area contributed by atoms with Gasteiger partial charge in [-0.3, -0.25) is 5.43 Å². The van der Waals surface area contributed by atoms with Crippen LogP contribution in [0.15, 0.2) is 35.4 Å². The van der Waals surface area contributed by atoms with E-state index in [4.69, 9.17) is 4.74 Å². The highest BCUT2D eigenvalue weighted by Gasteiger charge is 2.06. The van der Waals surface area contributed by atoms with Gasteiger partial charge in [-0.1, -0.05) is 30.3 Å². The van der Waals surface area contributed by atoms with Gasteiger partial charge < -0.3 is 4.74 Å². The molecule has 3 heteroatoms. The first-order valence-electron chi connectivity index (χ1n) is 3.89. The number of rotatable bonds is 1. The predicted molar refractivity (Wildman–Crippen MR) is 46.9 cm³/mol. The highest BCUT2D eigenvalue weighted by Crippen LogP contribution is 2.02. The van der Waals surface area contributed by atoms with Gasteiger partial charge in [0.1, 0.15) is 6.73 Å². The summed E-state index contributed by atoms with van der Waals surface area (Å²) in [7, 11) is 0. The van der Waals surface area contributed by atoms with E-state index in [9.17, 15) is 0 Å². The first kappa shape index (κ1) is 7.31. The molecule has 0 unspecified atom stereocenters. The lowest BCUT2D eigenvalue weighted by molar-refractivity contribution is 0.140. The summed E-state index contributed by atoms with van der Waals surface area (Å²) in [4.78, 5) is 0. The Bertz CT molecular complexity index is 282. The highest BCUT2D eigenvalue weighted by atomic mass is 16.5. The Hall–Kier alpha value is -1.35. The van der Waals surface area contributed by atoms with Gasteiger partial charge in [-0.15, -0.1) is 0 Å². The molecule has 1 N–H and O–H groups in total. The van der Waals surface area contributed by atoms with Crippen molar-refractivity contribution in [3.63, 3.8) is 0 Å². The molecule has 0 saturated carbocycles. The molecule has 1 heterocycles. The molecular formula is C9H10N2O. The van der Waals surface area contributed by atoms with E-state index in [-0.39, 0.29) is 0 Å². The van der Waals surface area contributed by atoms with E-state index in [0.29, 0.717) is 13.3 Å². The number of hydrogen-bond acceptors (Lipinski definition) is 3. The second-order valence-corrected chi connectivity index (χ2v) is 2.58. The molecule has 0 bridgehead atoms. The van der Waals surface area contributed by atoms with Crippen LogP contribution in [0.1, 0.15) is 5.56 Å². The minimum Gasteiger partial charge on any atom is -0.353 e. The van der Waals surface area contributed by atoms with Crippen LogP contribution in [-0.2, 0) is 4.74 Å². The van der Waals surface area contributed by atoms with Gasteiger partial charge in [0.25, 0.3) is 0 Å². The SMILES string of the molecule is c1ccc(C2=NNCOC2)cc1. The summed E-state index contributed by atoms with van der Waals surface area (Å²) in [5.41, 5.74) is 4.87. The Morgan fingerprint density at radius 3 is 2.75 bits per heavy atom. The van der Waals surface area contributed by atoms with E-state index in [1.54, 1.807) is 0 Å². The van der Waals surface area contributed by atoms with Crippen LogP contribution in [0.5, 0.6) is 0 Å². The second-order valence-electron chi connectivity index (χ2n) is 2.58.